The van der Waals surface area contributed by atoms with Crippen molar-refractivity contribution in [3.63, 3.8) is 0 Å². The van der Waals surface area contributed by atoms with Gasteiger partial charge >= 0.3 is 0 Å². The Kier molecular flexibility index (Phi) is 5.38. The minimum absolute atomic E-state index is 0.234. The lowest BCUT2D eigenvalue weighted by Gasteiger charge is -2.09. The molecular formula is C22H21N5O2. The number of hydrogen-bond acceptors (Lipinski definition) is 5. The molecule has 0 radical (unpaired) electrons. The van der Waals surface area contributed by atoms with Gasteiger partial charge in [0.1, 0.15) is 11.6 Å². The fourth-order valence-electron chi connectivity index (χ4n) is 3.15. The first-order valence-electron chi connectivity index (χ1n) is 9.31. The molecule has 4 aromatic rings. The van der Waals surface area contributed by atoms with Crippen molar-refractivity contribution in [3.05, 3.63) is 78.1 Å². The lowest BCUT2D eigenvalue weighted by Crippen LogP contribution is -2.15. The van der Waals surface area contributed by atoms with Crippen LogP contribution in [-0.2, 0) is 6.42 Å². The monoisotopic (exact) mass is 387 g/mol. The Hall–Kier alpha value is -3.87. The summed E-state index contributed by atoms with van der Waals surface area (Å²) in [5.41, 5.74) is 3.20. The zero-order valence-electron chi connectivity index (χ0n) is 16.0. The Bertz CT molecular complexity index is 1120. The highest BCUT2D eigenvalue weighted by molar-refractivity contribution is 6.03. The third-order valence-electron chi connectivity index (χ3n) is 4.63. The van der Waals surface area contributed by atoms with Gasteiger partial charge in [0.25, 0.3) is 5.91 Å². The largest absolute Gasteiger partial charge is 0.495 e. The van der Waals surface area contributed by atoms with Crippen LogP contribution in [0.25, 0.3) is 10.9 Å². The van der Waals surface area contributed by atoms with Crippen LogP contribution in [0.15, 0.2) is 66.9 Å². The summed E-state index contributed by atoms with van der Waals surface area (Å²) in [5.74, 6) is 0.871. The molecule has 2 aromatic carbocycles. The summed E-state index contributed by atoms with van der Waals surface area (Å²) in [4.78, 5) is 15.7. The molecule has 2 heterocycles. The molecule has 0 saturated heterocycles. The lowest BCUT2D eigenvalue weighted by molar-refractivity contribution is 0.102. The van der Waals surface area contributed by atoms with Crippen molar-refractivity contribution in [1.82, 2.24) is 15.2 Å². The molecule has 0 atom stereocenters. The molecule has 0 aliphatic carbocycles. The Morgan fingerprint density at radius 2 is 1.86 bits per heavy atom. The van der Waals surface area contributed by atoms with Gasteiger partial charge in [0.15, 0.2) is 5.69 Å². The Balaban J connectivity index is 1.34. The molecule has 0 fully saturated rings. The lowest BCUT2D eigenvalue weighted by atomic mass is 10.1. The molecule has 0 spiro atoms. The highest BCUT2D eigenvalue weighted by atomic mass is 16.5. The van der Waals surface area contributed by atoms with Crippen LogP contribution in [0.2, 0.25) is 0 Å². The minimum Gasteiger partial charge on any atom is -0.495 e. The number of rotatable bonds is 7. The van der Waals surface area contributed by atoms with E-state index in [0.717, 1.165) is 11.9 Å². The summed E-state index contributed by atoms with van der Waals surface area (Å²) < 4.78 is 5.24. The van der Waals surface area contributed by atoms with Gasteiger partial charge in [-0.15, -0.1) is 10.2 Å². The van der Waals surface area contributed by atoms with E-state index in [-0.39, 0.29) is 11.6 Å². The first-order valence-corrected chi connectivity index (χ1v) is 9.31. The first-order chi connectivity index (χ1) is 14.2. The topological polar surface area (TPSA) is 91.9 Å². The van der Waals surface area contributed by atoms with Gasteiger partial charge in [-0.05, 0) is 42.3 Å². The van der Waals surface area contributed by atoms with Crippen LogP contribution in [0.1, 0.15) is 16.1 Å². The summed E-state index contributed by atoms with van der Waals surface area (Å²) in [5, 5.41) is 15.4. The minimum atomic E-state index is -0.340. The van der Waals surface area contributed by atoms with Crippen LogP contribution in [-0.4, -0.2) is 34.7 Å². The summed E-state index contributed by atoms with van der Waals surface area (Å²) in [7, 11) is 1.56. The number of carbonyl (C=O) groups excluding carboxylic acids is 1. The number of aromatic amines is 1. The standard InChI is InChI=1S/C22H21N5O2/c1-29-20-9-5-4-8-18(20)25-22(28)19-10-11-21(27-26-19)23-13-12-15-14-24-17-7-3-2-6-16(15)17/h2-11,14,24H,12-13H2,1H3,(H,23,27)(H,25,28). The van der Waals surface area contributed by atoms with Gasteiger partial charge in [0.2, 0.25) is 0 Å². The molecule has 1 amide bonds. The van der Waals surface area contributed by atoms with E-state index in [1.54, 1.807) is 31.4 Å². The van der Waals surface area contributed by atoms with Crippen molar-refractivity contribution in [3.8, 4) is 5.75 Å². The number of amides is 1. The van der Waals surface area contributed by atoms with Gasteiger partial charge < -0.3 is 20.4 Å². The maximum absolute atomic E-state index is 12.4. The predicted octanol–water partition coefficient (Wildman–Crippen LogP) is 3.87. The molecule has 7 nitrogen and oxygen atoms in total. The van der Waals surface area contributed by atoms with Crippen LogP contribution in [0.5, 0.6) is 5.75 Å². The average Bonchev–Trinajstić information content (AvgIpc) is 3.18. The second-order valence-corrected chi connectivity index (χ2v) is 6.49. The zero-order valence-corrected chi connectivity index (χ0v) is 16.0. The molecule has 7 heteroatoms. The van der Waals surface area contributed by atoms with E-state index in [9.17, 15) is 4.79 Å². The Labute approximate surface area is 168 Å². The van der Waals surface area contributed by atoms with Gasteiger partial charge in [-0.1, -0.05) is 30.3 Å². The quantitative estimate of drug-likeness (QED) is 0.448. The molecule has 29 heavy (non-hydrogen) atoms. The number of methoxy groups -OCH3 is 1. The summed E-state index contributed by atoms with van der Waals surface area (Å²) in [6.07, 6.45) is 2.88. The maximum atomic E-state index is 12.4. The van der Waals surface area contributed by atoms with E-state index in [2.05, 4.69) is 37.9 Å². The number of para-hydroxylation sites is 3. The predicted molar refractivity (Wildman–Crippen MR) is 113 cm³/mol. The van der Waals surface area contributed by atoms with Crippen LogP contribution in [0.3, 0.4) is 0 Å². The first kappa shape index (κ1) is 18.5. The number of hydrogen-bond donors (Lipinski definition) is 3. The maximum Gasteiger partial charge on any atom is 0.276 e. The number of aromatic nitrogens is 3. The van der Waals surface area contributed by atoms with Crippen LogP contribution in [0, 0.1) is 0 Å². The Morgan fingerprint density at radius 3 is 2.69 bits per heavy atom. The van der Waals surface area contributed by atoms with Gasteiger partial charge in [0.05, 0.1) is 12.8 Å². The fourth-order valence-corrected chi connectivity index (χ4v) is 3.15. The van der Waals surface area contributed by atoms with E-state index in [1.165, 1.54) is 10.9 Å². The zero-order chi connectivity index (χ0) is 20.1. The van der Waals surface area contributed by atoms with E-state index < -0.39 is 0 Å². The summed E-state index contributed by atoms with van der Waals surface area (Å²) in [6, 6.07) is 18.8. The number of nitrogens with one attached hydrogen (secondary N) is 3. The van der Waals surface area contributed by atoms with Crippen LogP contribution >= 0.6 is 0 Å². The Morgan fingerprint density at radius 1 is 1.03 bits per heavy atom. The van der Waals surface area contributed by atoms with Crippen molar-refractivity contribution in [2.75, 3.05) is 24.3 Å². The molecule has 0 aliphatic heterocycles. The van der Waals surface area contributed by atoms with Crippen LogP contribution < -0.4 is 15.4 Å². The second-order valence-electron chi connectivity index (χ2n) is 6.49. The van der Waals surface area contributed by atoms with E-state index >= 15 is 0 Å². The number of benzene rings is 2. The average molecular weight is 387 g/mol. The number of fused-ring (bicyclic) bond motifs is 1. The smallest absolute Gasteiger partial charge is 0.276 e. The van der Waals surface area contributed by atoms with Crippen molar-refractivity contribution in [2.45, 2.75) is 6.42 Å². The molecule has 4 rings (SSSR count). The van der Waals surface area contributed by atoms with E-state index in [1.807, 2.05) is 30.5 Å². The third kappa shape index (κ3) is 4.19. The van der Waals surface area contributed by atoms with Crippen molar-refractivity contribution < 1.29 is 9.53 Å². The van der Waals surface area contributed by atoms with Gasteiger partial charge in [-0.3, -0.25) is 4.79 Å². The molecule has 0 bridgehead atoms. The summed E-state index contributed by atoms with van der Waals surface area (Å²) in [6.45, 7) is 0.712. The SMILES string of the molecule is COc1ccccc1NC(=O)c1ccc(NCCc2c[nH]c3ccccc23)nn1. The number of nitrogens with zero attached hydrogens (tertiary/aromatic N) is 2. The molecule has 0 saturated carbocycles. The highest BCUT2D eigenvalue weighted by Crippen LogP contribution is 2.23. The number of carbonyl (C=O) groups is 1. The summed E-state index contributed by atoms with van der Waals surface area (Å²) >= 11 is 0. The van der Waals surface area contributed by atoms with Gasteiger partial charge in [0, 0.05) is 23.6 Å². The van der Waals surface area contributed by atoms with Gasteiger partial charge in [-0.2, -0.15) is 0 Å². The normalized spacial score (nSPS) is 10.7. The number of anilines is 2. The van der Waals surface area contributed by atoms with Crippen molar-refractivity contribution in [1.29, 1.82) is 0 Å². The van der Waals surface area contributed by atoms with Crippen molar-refractivity contribution in [2.24, 2.45) is 0 Å². The van der Waals surface area contributed by atoms with Crippen molar-refractivity contribution >= 4 is 28.3 Å². The van der Waals surface area contributed by atoms with Crippen LogP contribution in [0.4, 0.5) is 11.5 Å². The molecular weight excluding hydrogens is 366 g/mol. The molecule has 146 valence electrons. The molecule has 0 aliphatic rings. The fraction of sp³-hybridized carbons (Fsp3) is 0.136. The number of ether oxygens (including phenoxy) is 1. The molecule has 0 unspecified atom stereocenters. The molecule has 2 aromatic heterocycles. The van der Waals surface area contributed by atoms with E-state index in [4.69, 9.17) is 4.74 Å². The number of H-pyrrole nitrogens is 1. The second kappa shape index (κ2) is 8.43. The molecule has 3 N–H and O–H groups in total. The van der Waals surface area contributed by atoms with Gasteiger partial charge in [-0.25, -0.2) is 0 Å². The van der Waals surface area contributed by atoms with E-state index in [0.29, 0.717) is 23.8 Å². The highest BCUT2D eigenvalue weighted by Gasteiger charge is 2.11. The third-order valence-corrected chi connectivity index (χ3v) is 4.63.